The number of allylic oxidation sites excluding steroid dienone is 4. The lowest BCUT2D eigenvalue weighted by Crippen LogP contribution is -2.28. The maximum atomic E-state index is 14.7. The lowest BCUT2D eigenvalue weighted by atomic mass is 9.67. The Morgan fingerprint density at radius 2 is 0.885 bits per heavy atom. The fraction of sp³-hybridized carbons (Fsp3) is 0.286. The van der Waals surface area contributed by atoms with E-state index in [0.29, 0.717) is 12.1 Å². The summed E-state index contributed by atoms with van der Waals surface area (Å²) in [6, 6.07) is 7.58. The first kappa shape index (κ1) is 32.1. The van der Waals surface area contributed by atoms with Gasteiger partial charge in [-0.15, -0.1) is 22.7 Å². The van der Waals surface area contributed by atoms with Crippen molar-refractivity contribution in [3.05, 3.63) is 113 Å². The summed E-state index contributed by atoms with van der Waals surface area (Å²) in [6.45, 7) is 0. The number of benzene rings is 2. The lowest BCUT2D eigenvalue weighted by molar-refractivity contribution is -0.110. The van der Waals surface area contributed by atoms with E-state index in [1.54, 1.807) is 34.8 Å². The molecular weight excluding hydrogens is 709 g/mol. The second-order valence-electron chi connectivity index (χ2n) is 14.9. The van der Waals surface area contributed by atoms with E-state index in [0.717, 1.165) is 95.8 Å². The largest absolute Gasteiger partial charge is 0.285 e. The second-order valence-corrected chi connectivity index (χ2v) is 17.0. The average Bonchev–Trinajstić information content (AvgIpc) is 3.92. The molecule has 4 nitrogen and oxygen atoms in total. The third-order valence-electron chi connectivity index (χ3n) is 12.2. The molecule has 0 N–H and O–H groups in total. The number of halogens is 4. The molecule has 2 aromatic carbocycles. The zero-order valence-corrected chi connectivity index (χ0v) is 29.3. The van der Waals surface area contributed by atoms with Crippen molar-refractivity contribution in [1.29, 1.82) is 0 Å². The van der Waals surface area contributed by atoms with E-state index >= 15 is 0 Å². The summed E-state index contributed by atoms with van der Waals surface area (Å²) in [5.74, 6) is -7.41. The molecule has 4 aromatic rings. The van der Waals surface area contributed by atoms with Gasteiger partial charge in [0.15, 0.2) is 0 Å². The number of hydrogen-bond donors (Lipinski definition) is 0. The standard InChI is InChI=1S/C42H28F4O4S2/c43-19-11-23-25(35(47)37(49)31(23)29(45)13-19)15-21-17-27-39(51-21)34-33(41(27)7-3-1-4-8-41)40-28(42(34)9-5-2-6-10-42)18-22(52-40)16-26-24-12-20(44)14-30(46)32(24)38(50)36(26)48/h11-18H,1-10H2/b25-15-,26-16-. The van der Waals surface area contributed by atoms with E-state index in [4.69, 9.17) is 0 Å². The minimum Gasteiger partial charge on any atom is -0.285 e. The number of ketones is 4. The third kappa shape index (κ3) is 4.13. The molecule has 260 valence electrons. The first-order valence-corrected chi connectivity index (χ1v) is 19.3. The number of carbonyl (C=O) groups is 4. The van der Waals surface area contributed by atoms with E-state index in [2.05, 4.69) is 12.1 Å². The van der Waals surface area contributed by atoms with Gasteiger partial charge in [-0.25, -0.2) is 17.6 Å². The van der Waals surface area contributed by atoms with Crippen LogP contribution in [0.1, 0.15) is 127 Å². The molecule has 2 heterocycles. The van der Waals surface area contributed by atoms with E-state index in [-0.39, 0.29) is 44.2 Å². The summed E-state index contributed by atoms with van der Waals surface area (Å²) in [5.41, 5.74) is 3.61. The zero-order valence-electron chi connectivity index (χ0n) is 27.7. The Kier molecular flexibility index (Phi) is 6.79. The van der Waals surface area contributed by atoms with Crippen LogP contribution >= 0.6 is 22.7 Å². The Bertz CT molecular complexity index is 2330. The molecule has 0 bridgehead atoms. The van der Waals surface area contributed by atoms with Crippen molar-refractivity contribution in [3.63, 3.8) is 0 Å². The number of Topliss-reactive ketones (excluding diaryl/α,β-unsaturated/α-hetero) is 4. The number of rotatable bonds is 2. The molecule has 0 radical (unpaired) electrons. The predicted molar refractivity (Wildman–Crippen MR) is 192 cm³/mol. The monoisotopic (exact) mass is 736 g/mol. The van der Waals surface area contributed by atoms with Crippen molar-refractivity contribution in [2.24, 2.45) is 0 Å². The van der Waals surface area contributed by atoms with Gasteiger partial charge in [0, 0.05) is 64.7 Å². The molecular formula is C42H28F4O4S2. The molecule has 2 aromatic heterocycles. The van der Waals surface area contributed by atoms with Gasteiger partial charge in [-0.3, -0.25) is 19.2 Å². The van der Waals surface area contributed by atoms with Gasteiger partial charge in [0.05, 0.1) is 11.1 Å². The van der Waals surface area contributed by atoms with Crippen LogP contribution in [0.25, 0.3) is 34.4 Å². The first-order valence-electron chi connectivity index (χ1n) is 17.7. The average molecular weight is 737 g/mol. The third-order valence-corrected chi connectivity index (χ3v) is 14.4. The quantitative estimate of drug-likeness (QED) is 0.117. The summed E-state index contributed by atoms with van der Waals surface area (Å²) in [6.07, 6.45) is 13.2. The van der Waals surface area contributed by atoms with E-state index < -0.39 is 46.4 Å². The molecule has 2 saturated carbocycles. The van der Waals surface area contributed by atoms with E-state index in [1.165, 1.54) is 22.3 Å². The van der Waals surface area contributed by atoms with Crippen LogP contribution in [-0.2, 0) is 20.4 Å². The molecule has 0 unspecified atom stereocenters. The van der Waals surface area contributed by atoms with Crippen LogP contribution in [0.4, 0.5) is 17.6 Å². The van der Waals surface area contributed by atoms with Gasteiger partial charge in [0.25, 0.3) is 0 Å². The first-order chi connectivity index (χ1) is 25.0. The fourth-order valence-corrected chi connectivity index (χ4v) is 12.8. The van der Waals surface area contributed by atoms with Crippen LogP contribution in [0.3, 0.4) is 0 Å². The lowest BCUT2D eigenvalue weighted by Gasteiger charge is -2.37. The Morgan fingerprint density at radius 3 is 1.27 bits per heavy atom. The van der Waals surface area contributed by atoms with E-state index in [9.17, 15) is 36.7 Å². The summed E-state index contributed by atoms with van der Waals surface area (Å²) >= 11 is 3.12. The highest BCUT2D eigenvalue weighted by Crippen LogP contribution is 2.71. The molecule has 10 rings (SSSR count). The molecule has 2 spiro atoms. The molecule has 0 saturated heterocycles. The smallest absolute Gasteiger partial charge is 0.237 e. The van der Waals surface area contributed by atoms with Gasteiger partial charge < -0.3 is 0 Å². The summed E-state index contributed by atoms with van der Waals surface area (Å²) < 4.78 is 58.0. The molecule has 6 aliphatic carbocycles. The number of carbonyl (C=O) groups excluding carboxylic acids is 4. The van der Waals surface area contributed by atoms with Gasteiger partial charge in [-0.05, 0) is 84.4 Å². The van der Waals surface area contributed by atoms with Crippen LogP contribution < -0.4 is 0 Å². The van der Waals surface area contributed by atoms with Gasteiger partial charge in [0.2, 0.25) is 23.1 Å². The van der Waals surface area contributed by atoms with Gasteiger partial charge >= 0.3 is 0 Å². The van der Waals surface area contributed by atoms with Crippen molar-refractivity contribution >= 4 is 80.3 Å². The van der Waals surface area contributed by atoms with Crippen molar-refractivity contribution in [2.75, 3.05) is 0 Å². The van der Waals surface area contributed by atoms with Crippen LogP contribution in [0.5, 0.6) is 0 Å². The number of thiophene rings is 2. The maximum absolute atomic E-state index is 14.7. The van der Waals surface area contributed by atoms with Crippen molar-refractivity contribution in [1.82, 2.24) is 0 Å². The number of fused-ring (bicyclic) bond motifs is 10. The highest BCUT2D eigenvalue weighted by Gasteiger charge is 2.58. The molecule has 10 heteroatoms. The number of hydrogen-bond acceptors (Lipinski definition) is 6. The van der Waals surface area contributed by atoms with Crippen LogP contribution in [-0.4, -0.2) is 23.1 Å². The van der Waals surface area contributed by atoms with Gasteiger partial charge in [-0.1, -0.05) is 38.5 Å². The minimum atomic E-state index is -1.04. The Morgan fingerprint density at radius 1 is 0.500 bits per heavy atom. The predicted octanol–water partition coefficient (Wildman–Crippen LogP) is 10.3. The fourth-order valence-electron chi connectivity index (χ4n) is 10.1. The minimum absolute atomic E-state index is 0.00193. The highest BCUT2D eigenvalue weighted by atomic mass is 32.1. The topological polar surface area (TPSA) is 68.3 Å². The van der Waals surface area contributed by atoms with Crippen molar-refractivity contribution in [2.45, 2.75) is 75.0 Å². The molecule has 6 aliphatic rings. The Hall–Kier alpha value is -4.54. The van der Waals surface area contributed by atoms with Gasteiger partial charge in [-0.2, -0.15) is 0 Å². The van der Waals surface area contributed by atoms with Crippen molar-refractivity contribution < 1.29 is 36.7 Å². The molecule has 0 aliphatic heterocycles. The maximum Gasteiger partial charge on any atom is 0.237 e. The summed E-state index contributed by atoms with van der Waals surface area (Å²) in [4.78, 5) is 55.7. The van der Waals surface area contributed by atoms with E-state index in [1.807, 2.05) is 0 Å². The van der Waals surface area contributed by atoms with Crippen LogP contribution in [0.2, 0.25) is 0 Å². The SMILES string of the molecule is O=C1C(=O)c2c(F)cc(F)cc2/C1=C/c1cc2c(s1)C1=C(c3sc(/C=C4\C(=O)C(=O)c5c(F)cc(F)cc54)cc3C13CCCCC3)C21CCCCC1. The molecule has 2 fully saturated rings. The Labute approximate surface area is 303 Å². The van der Waals surface area contributed by atoms with Crippen molar-refractivity contribution in [3.8, 4) is 0 Å². The van der Waals surface area contributed by atoms with Crippen LogP contribution in [0, 0.1) is 23.3 Å². The molecule has 52 heavy (non-hydrogen) atoms. The summed E-state index contributed by atoms with van der Waals surface area (Å²) in [5, 5.41) is 0. The zero-order chi connectivity index (χ0) is 35.8. The highest BCUT2D eigenvalue weighted by molar-refractivity contribution is 7.16. The van der Waals surface area contributed by atoms with Crippen LogP contribution in [0.15, 0.2) is 36.4 Å². The van der Waals surface area contributed by atoms with Gasteiger partial charge in [0.1, 0.15) is 23.3 Å². The Balaban J connectivity index is 1.15. The molecule has 0 amide bonds. The summed E-state index contributed by atoms with van der Waals surface area (Å²) in [7, 11) is 0. The molecule has 0 atom stereocenters. The second kappa shape index (κ2) is 11.0. The normalized spacial score (nSPS) is 22.3.